The molecule has 0 aliphatic rings. The van der Waals surface area contributed by atoms with Crippen LogP contribution >= 0.6 is 23.2 Å². The smallest absolute Gasteiger partial charge is 0.319 e. The predicted molar refractivity (Wildman–Crippen MR) is 88.0 cm³/mol. The summed E-state index contributed by atoms with van der Waals surface area (Å²) in [6, 6.07) is 12.2. The van der Waals surface area contributed by atoms with E-state index in [9.17, 15) is 4.79 Å². The molecule has 4 N–H and O–H groups in total. The minimum atomic E-state index is -0.303. The topological polar surface area (TPSA) is 67.1 Å². The lowest BCUT2D eigenvalue weighted by Crippen LogP contribution is -2.30. The predicted octanol–water partition coefficient (Wildman–Crippen LogP) is 3.94. The van der Waals surface area contributed by atoms with Gasteiger partial charge in [-0.15, -0.1) is 0 Å². The van der Waals surface area contributed by atoms with Gasteiger partial charge in [-0.2, -0.15) is 0 Å². The Hall–Kier alpha value is -1.91. The zero-order valence-electron chi connectivity index (χ0n) is 11.2. The van der Waals surface area contributed by atoms with Gasteiger partial charge in [-0.05, 0) is 36.2 Å². The lowest BCUT2D eigenvalue weighted by molar-refractivity contribution is 0.252. The second-order valence-corrected chi connectivity index (χ2v) is 5.27. The molecular formula is C15H15Cl2N3O. The largest absolute Gasteiger partial charge is 0.398 e. The molecule has 0 fully saturated rings. The van der Waals surface area contributed by atoms with Crippen LogP contribution in [0, 0.1) is 0 Å². The molecule has 6 heteroatoms. The first-order valence-electron chi connectivity index (χ1n) is 6.39. The first kappa shape index (κ1) is 15.5. The number of carbonyl (C=O) groups excluding carboxylic acids is 1. The highest BCUT2D eigenvalue weighted by Gasteiger charge is 2.04. The van der Waals surface area contributed by atoms with E-state index in [4.69, 9.17) is 28.9 Å². The molecule has 0 unspecified atom stereocenters. The average molecular weight is 324 g/mol. The maximum atomic E-state index is 11.8. The Morgan fingerprint density at radius 3 is 2.57 bits per heavy atom. The molecule has 2 amide bonds. The number of hydrogen-bond acceptors (Lipinski definition) is 2. The molecule has 0 aliphatic carbocycles. The molecule has 0 saturated carbocycles. The third-order valence-corrected chi connectivity index (χ3v) is 3.59. The van der Waals surface area contributed by atoms with Crippen molar-refractivity contribution in [3.8, 4) is 0 Å². The molecule has 0 radical (unpaired) electrons. The molecule has 0 saturated heterocycles. The Morgan fingerprint density at radius 2 is 1.86 bits per heavy atom. The van der Waals surface area contributed by atoms with Crippen LogP contribution in [-0.2, 0) is 6.42 Å². The van der Waals surface area contributed by atoms with Crippen molar-refractivity contribution in [2.75, 3.05) is 17.6 Å². The molecule has 2 aromatic rings. The van der Waals surface area contributed by atoms with Crippen LogP contribution in [0.3, 0.4) is 0 Å². The zero-order chi connectivity index (χ0) is 15.2. The van der Waals surface area contributed by atoms with E-state index >= 15 is 0 Å². The van der Waals surface area contributed by atoms with Gasteiger partial charge in [-0.1, -0.05) is 41.4 Å². The van der Waals surface area contributed by atoms with E-state index in [0.29, 0.717) is 34.4 Å². The minimum absolute atomic E-state index is 0.303. The van der Waals surface area contributed by atoms with Crippen molar-refractivity contribution in [2.24, 2.45) is 0 Å². The van der Waals surface area contributed by atoms with Crippen molar-refractivity contribution < 1.29 is 4.79 Å². The quantitative estimate of drug-likeness (QED) is 0.746. The third-order valence-electron chi connectivity index (χ3n) is 2.90. The maximum Gasteiger partial charge on any atom is 0.319 e. The first-order chi connectivity index (χ1) is 10.1. The number of halogens is 2. The SMILES string of the molecule is Nc1ccc(NC(=O)NCCc2ccccc2Cl)cc1Cl. The number of nitrogen functional groups attached to an aromatic ring is 1. The maximum absolute atomic E-state index is 11.8. The second kappa shape index (κ2) is 7.20. The molecule has 0 aliphatic heterocycles. The number of benzene rings is 2. The summed E-state index contributed by atoms with van der Waals surface area (Å²) in [4.78, 5) is 11.8. The van der Waals surface area contributed by atoms with Crippen molar-refractivity contribution in [3.05, 3.63) is 58.1 Å². The molecule has 2 aromatic carbocycles. The van der Waals surface area contributed by atoms with Crippen LogP contribution in [0.4, 0.5) is 16.2 Å². The Balaban J connectivity index is 1.82. The molecular weight excluding hydrogens is 309 g/mol. The van der Waals surface area contributed by atoms with Gasteiger partial charge in [0.25, 0.3) is 0 Å². The summed E-state index contributed by atoms with van der Waals surface area (Å²) in [7, 11) is 0. The molecule has 4 nitrogen and oxygen atoms in total. The van der Waals surface area contributed by atoms with Gasteiger partial charge in [0.15, 0.2) is 0 Å². The summed E-state index contributed by atoms with van der Waals surface area (Å²) in [6.45, 7) is 0.484. The second-order valence-electron chi connectivity index (χ2n) is 4.46. The molecule has 110 valence electrons. The number of nitrogens with one attached hydrogen (secondary N) is 2. The minimum Gasteiger partial charge on any atom is -0.398 e. The summed E-state index contributed by atoms with van der Waals surface area (Å²) in [5.74, 6) is 0. The van der Waals surface area contributed by atoms with Gasteiger partial charge in [0.1, 0.15) is 0 Å². The van der Waals surface area contributed by atoms with Gasteiger partial charge in [-0.25, -0.2) is 4.79 Å². The van der Waals surface area contributed by atoms with Crippen LogP contribution in [0.1, 0.15) is 5.56 Å². The summed E-state index contributed by atoms with van der Waals surface area (Å²) in [6.07, 6.45) is 0.662. The van der Waals surface area contributed by atoms with Gasteiger partial charge in [0, 0.05) is 17.3 Å². The first-order valence-corrected chi connectivity index (χ1v) is 7.15. The normalized spacial score (nSPS) is 10.2. The highest BCUT2D eigenvalue weighted by Crippen LogP contribution is 2.22. The summed E-state index contributed by atoms with van der Waals surface area (Å²) in [5.41, 5.74) is 7.66. The van der Waals surface area contributed by atoms with Crippen LogP contribution in [0.15, 0.2) is 42.5 Å². The molecule has 0 heterocycles. The van der Waals surface area contributed by atoms with E-state index in [1.165, 1.54) is 0 Å². The molecule has 0 aromatic heterocycles. The Morgan fingerprint density at radius 1 is 1.10 bits per heavy atom. The van der Waals surface area contributed by atoms with Gasteiger partial charge in [0.2, 0.25) is 0 Å². The fourth-order valence-corrected chi connectivity index (χ4v) is 2.20. The molecule has 2 rings (SSSR count). The highest BCUT2D eigenvalue weighted by atomic mass is 35.5. The molecule has 21 heavy (non-hydrogen) atoms. The van der Waals surface area contributed by atoms with Crippen molar-refractivity contribution >= 4 is 40.6 Å². The number of anilines is 2. The van der Waals surface area contributed by atoms with Gasteiger partial charge in [0.05, 0.1) is 10.7 Å². The number of carbonyl (C=O) groups is 1. The van der Waals surface area contributed by atoms with Crippen molar-refractivity contribution in [2.45, 2.75) is 6.42 Å². The average Bonchev–Trinajstić information content (AvgIpc) is 2.45. The number of amides is 2. The molecule has 0 atom stereocenters. The lowest BCUT2D eigenvalue weighted by atomic mass is 10.1. The van der Waals surface area contributed by atoms with E-state index in [1.54, 1.807) is 18.2 Å². The Kier molecular flexibility index (Phi) is 5.31. The Labute approximate surface area is 133 Å². The van der Waals surface area contributed by atoms with Crippen LogP contribution in [-0.4, -0.2) is 12.6 Å². The standard InChI is InChI=1S/C15H15Cl2N3O/c16-12-4-2-1-3-10(12)7-8-19-15(21)20-11-5-6-14(18)13(17)9-11/h1-6,9H,7-8,18H2,(H2,19,20,21). The van der Waals surface area contributed by atoms with Crippen LogP contribution in [0.25, 0.3) is 0 Å². The van der Waals surface area contributed by atoms with Gasteiger partial charge >= 0.3 is 6.03 Å². The van der Waals surface area contributed by atoms with Crippen LogP contribution in [0.5, 0.6) is 0 Å². The zero-order valence-corrected chi connectivity index (χ0v) is 12.7. The van der Waals surface area contributed by atoms with E-state index < -0.39 is 0 Å². The fourth-order valence-electron chi connectivity index (χ4n) is 1.79. The highest BCUT2D eigenvalue weighted by molar-refractivity contribution is 6.33. The monoisotopic (exact) mass is 323 g/mol. The van der Waals surface area contributed by atoms with Crippen molar-refractivity contribution in [3.63, 3.8) is 0 Å². The number of hydrogen-bond donors (Lipinski definition) is 3. The van der Waals surface area contributed by atoms with E-state index in [1.807, 2.05) is 24.3 Å². The van der Waals surface area contributed by atoms with Crippen molar-refractivity contribution in [1.29, 1.82) is 0 Å². The van der Waals surface area contributed by atoms with Crippen molar-refractivity contribution in [1.82, 2.24) is 5.32 Å². The number of urea groups is 1. The van der Waals surface area contributed by atoms with Gasteiger partial charge in [-0.3, -0.25) is 0 Å². The summed E-state index contributed by atoms with van der Waals surface area (Å²) in [5, 5.41) is 6.55. The molecule has 0 bridgehead atoms. The van der Waals surface area contributed by atoms with E-state index in [-0.39, 0.29) is 6.03 Å². The van der Waals surface area contributed by atoms with E-state index in [0.717, 1.165) is 5.56 Å². The van der Waals surface area contributed by atoms with Gasteiger partial charge < -0.3 is 16.4 Å². The van der Waals surface area contributed by atoms with E-state index in [2.05, 4.69) is 10.6 Å². The lowest BCUT2D eigenvalue weighted by Gasteiger charge is -2.09. The molecule has 0 spiro atoms. The van der Waals surface area contributed by atoms with Crippen LogP contribution in [0.2, 0.25) is 10.0 Å². The number of nitrogens with two attached hydrogens (primary N) is 1. The Bertz CT molecular complexity index is 647. The third kappa shape index (κ3) is 4.55. The number of rotatable bonds is 4. The summed E-state index contributed by atoms with van der Waals surface area (Å²) < 4.78 is 0. The van der Waals surface area contributed by atoms with Crippen LogP contribution < -0.4 is 16.4 Å². The summed E-state index contributed by atoms with van der Waals surface area (Å²) >= 11 is 11.9. The fraction of sp³-hybridized carbons (Fsp3) is 0.133.